The lowest BCUT2D eigenvalue weighted by Gasteiger charge is -2.13. The third-order valence-electron chi connectivity index (χ3n) is 1.96. The average Bonchev–Trinajstić information content (AvgIpc) is 2.26. The van der Waals surface area contributed by atoms with E-state index in [2.05, 4.69) is 5.43 Å². The Kier molecular flexibility index (Phi) is 5.23. The molecule has 17 heavy (non-hydrogen) atoms. The zero-order valence-electron chi connectivity index (χ0n) is 10.4. The van der Waals surface area contributed by atoms with E-state index in [0.717, 1.165) is 11.3 Å². The molecular formula is C13H18N2O2. The lowest BCUT2D eigenvalue weighted by Crippen LogP contribution is -2.29. The first kappa shape index (κ1) is 13.3. The van der Waals surface area contributed by atoms with Crippen LogP contribution in [0.2, 0.25) is 0 Å². The molecule has 1 aromatic rings. The van der Waals surface area contributed by atoms with Gasteiger partial charge in [-0.2, -0.15) is 0 Å². The topological polar surface area (TPSA) is 41.6 Å². The normalized spacial score (nSPS) is 11.4. The van der Waals surface area contributed by atoms with E-state index in [1.54, 1.807) is 5.01 Å². The molecule has 0 unspecified atom stereocenters. The molecule has 0 spiro atoms. The van der Waals surface area contributed by atoms with Gasteiger partial charge in [-0.3, -0.25) is 0 Å². The van der Waals surface area contributed by atoms with Gasteiger partial charge in [0.2, 0.25) is 0 Å². The number of hydrogen-bond donors (Lipinski definition) is 1. The molecule has 0 aliphatic heterocycles. The average molecular weight is 234 g/mol. The first-order valence-corrected chi connectivity index (χ1v) is 5.41. The molecule has 0 heterocycles. The van der Waals surface area contributed by atoms with Gasteiger partial charge in [-0.15, -0.1) is 0 Å². The molecule has 0 bridgehead atoms. The van der Waals surface area contributed by atoms with E-state index in [9.17, 15) is 4.79 Å². The standard InChI is InChI=1S/C13H18N2O2/c1-11(14-15(2)3)9-13(16)17-10-12-7-5-4-6-8-12/h4-9,14H,10H2,1-3H3/b11-9-. The number of ether oxygens (including phenoxy) is 1. The Balaban J connectivity index is 2.40. The first-order chi connectivity index (χ1) is 8.08. The molecule has 1 N–H and O–H groups in total. The fraction of sp³-hybridized carbons (Fsp3) is 0.308. The van der Waals surface area contributed by atoms with E-state index >= 15 is 0 Å². The number of nitrogens with zero attached hydrogens (tertiary/aromatic N) is 1. The van der Waals surface area contributed by atoms with Gasteiger partial charge in [-0.05, 0) is 12.5 Å². The van der Waals surface area contributed by atoms with Gasteiger partial charge in [-0.1, -0.05) is 30.3 Å². The summed E-state index contributed by atoms with van der Waals surface area (Å²) in [4.78, 5) is 11.5. The summed E-state index contributed by atoms with van der Waals surface area (Å²) in [7, 11) is 3.71. The Bertz CT molecular complexity index is 386. The van der Waals surface area contributed by atoms with Crippen molar-refractivity contribution in [2.75, 3.05) is 14.1 Å². The maximum atomic E-state index is 11.5. The van der Waals surface area contributed by atoms with E-state index < -0.39 is 0 Å². The van der Waals surface area contributed by atoms with Crippen molar-refractivity contribution in [3.63, 3.8) is 0 Å². The van der Waals surface area contributed by atoms with Crippen molar-refractivity contribution >= 4 is 5.97 Å². The maximum absolute atomic E-state index is 11.5. The Hall–Kier alpha value is -1.81. The fourth-order valence-electron chi connectivity index (χ4n) is 1.33. The van der Waals surface area contributed by atoms with Crippen molar-refractivity contribution in [1.29, 1.82) is 0 Å². The van der Waals surface area contributed by atoms with Gasteiger partial charge in [-0.25, -0.2) is 9.80 Å². The van der Waals surface area contributed by atoms with Crippen LogP contribution in [0.4, 0.5) is 0 Å². The largest absolute Gasteiger partial charge is 0.458 e. The van der Waals surface area contributed by atoms with Crippen LogP contribution in [0.5, 0.6) is 0 Å². The molecule has 4 nitrogen and oxygen atoms in total. The Morgan fingerprint density at radius 1 is 1.35 bits per heavy atom. The number of carbonyl (C=O) groups excluding carboxylic acids is 1. The number of hydrazine groups is 1. The quantitative estimate of drug-likeness (QED) is 0.478. The molecule has 0 atom stereocenters. The van der Waals surface area contributed by atoms with E-state index in [4.69, 9.17) is 4.74 Å². The number of allylic oxidation sites excluding steroid dienone is 1. The van der Waals surface area contributed by atoms with Gasteiger partial charge < -0.3 is 10.2 Å². The van der Waals surface area contributed by atoms with Crippen LogP contribution in [-0.2, 0) is 16.1 Å². The zero-order chi connectivity index (χ0) is 12.7. The summed E-state index contributed by atoms with van der Waals surface area (Å²) in [5.74, 6) is -0.347. The van der Waals surface area contributed by atoms with Gasteiger partial charge in [0, 0.05) is 25.9 Å². The van der Waals surface area contributed by atoms with Crippen molar-refractivity contribution < 1.29 is 9.53 Å². The second kappa shape index (κ2) is 6.70. The molecule has 1 rings (SSSR count). The van der Waals surface area contributed by atoms with Gasteiger partial charge >= 0.3 is 5.97 Å². The van der Waals surface area contributed by atoms with Gasteiger partial charge in [0.1, 0.15) is 6.61 Å². The summed E-state index contributed by atoms with van der Waals surface area (Å²) in [5.41, 5.74) is 4.69. The Labute approximate surface area is 102 Å². The molecule has 0 aliphatic carbocycles. The predicted molar refractivity (Wildman–Crippen MR) is 66.8 cm³/mol. The molecule has 0 amide bonds. The zero-order valence-corrected chi connectivity index (χ0v) is 10.4. The smallest absolute Gasteiger partial charge is 0.332 e. The molecule has 0 radical (unpaired) electrons. The Morgan fingerprint density at radius 3 is 2.59 bits per heavy atom. The van der Waals surface area contributed by atoms with E-state index in [0.29, 0.717) is 6.61 Å². The van der Waals surface area contributed by atoms with Crippen molar-refractivity contribution in [2.45, 2.75) is 13.5 Å². The van der Waals surface area contributed by atoms with Crippen LogP contribution in [0.25, 0.3) is 0 Å². The monoisotopic (exact) mass is 234 g/mol. The molecule has 0 aromatic heterocycles. The summed E-state index contributed by atoms with van der Waals surface area (Å²) < 4.78 is 5.11. The van der Waals surface area contributed by atoms with Crippen molar-refractivity contribution in [2.24, 2.45) is 0 Å². The van der Waals surface area contributed by atoms with Gasteiger partial charge in [0.25, 0.3) is 0 Å². The van der Waals surface area contributed by atoms with Crippen LogP contribution in [0, 0.1) is 0 Å². The van der Waals surface area contributed by atoms with Crippen LogP contribution >= 0.6 is 0 Å². The molecule has 1 aromatic carbocycles. The minimum Gasteiger partial charge on any atom is -0.458 e. The summed E-state index contributed by atoms with van der Waals surface area (Å²) in [6.45, 7) is 2.11. The number of rotatable bonds is 5. The molecule has 0 fully saturated rings. The minimum atomic E-state index is -0.347. The molecule has 0 aliphatic rings. The van der Waals surface area contributed by atoms with E-state index in [1.165, 1.54) is 6.08 Å². The number of carbonyl (C=O) groups is 1. The van der Waals surface area contributed by atoms with E-state index in [-0.39, 0.29) is 5.97 Å². The summed E-state index contributed by atoms with van der Waals surface area (Å²) in [6, 6.07) is 9.59. The number of benzene rings is 1. The second-order valence-corrected chi connectivity index (χ2v) is 3.93. The van der Waals surface area contributed by atoms with Crippen molar-refractivity contribution in [3.8, 4) is 0 Å². The molecule has 0 saturated carbocycles. The first-order valence-electron chi connectivity index (χ1n) is 5.41. The van der Waals surface area contributed by atoms with E-state index in [1.807, 2.05) is 51.4 Å². The van der Waals surface area contributed by atoms with Crippen LogP contribution in [0.1, 0.15) is 12.5 Å². The summed E-state index contributed by atoms with van der Waals surface area (Å²) in [5, 5.41) is 1.76. The highest BCUT2D eigenvalue weighted by Crippen LogP contribution is 2.01. The predicted octanol–water partition coefficient (Wildman–Crippen LogP) is 1.70. The second-order valence-electron chi connectivity index (χ2n) is 3.93. The SMILES string of the molecule is C/C(=C/C(=O)OCc1ccccc1)NN(C)C. The third kappa shape index (κ3) is 5.73. The van der Waals surface area contributed by atoms with Crippen molar-refractivity contribution in [3.05, 3.63) is 47.7 Å². The molecule has 92 valence electrons. The van der Waals surface area contributed by atoms with Crippen molar-refractivity contribution in [1.82, 2.24) is 10.4 Å². The third-order valence-corrected chi connectivity index (χ3v) is 1.96. The highest BCUT2D eigenvalue weighted by molar-refractivity contribution is 5.82. The Morgan fingerprint density at radius 2 is 2.00 bits per heavy atom. The van der Waals surface area contributed by atoms with Gasteiger partial charge in [0.05, 0.1) is 0 Å². The summed E-state index contributed by atoms with van der Waals surface area (Å²) >= 11 is 0. The van der Waals surface area contributed by atoms with Crippen LogP contribution in [0.3, 0.4) is 0 Å². The van der Waals surface area contributed by atoms with Crippen LogP contribution in [0.15, 0.2) is 42.1 Å². The lowest BCUT2D eigenvalue weighted by molar-refractivity contribution is -0.139. The summed E-state index contributed by atoms with van der Waals surface area (Å²) in [6.07, 6.45) is 1.43. The number of esters is 1. The minimum absolute atomic E-state index is 0.297. The molecular weight excluding hydrogens is 216 g/mol. The molecule has 4 heteroatoms. The number of nitrogens with one attached hydrogen (secondary N) is 1. The van der Waals surface area contributed by atoms with Crippen LogP contribution < -0.4 is 5.43 Å². The maximum Gasteiger partial charge on any atom is 0.332 e. The number of hydrogen-bond acceptors (Lipinski definition) is 4. The molecule has 0 saturated heterocycles. The van der Waals surface area contributed by atoms with Gasteiger partial charge in [0.15, 0.2) is 0 Å². The highest BCUT2D eigenvalue weighted by atomic mass is 16.5. The lowest BCUT2D eigenvalue weighted by atomic mass is 10.2. The fourth-order valence-corrected chi connectivity index (χ4v) is 1.33. The van der Waals surface area contributed by atoms with Crippen LogP contribution in [-0.4, -0.2) is 25.1 Å². The highest BCUT2D eigenvalue weighted by Gasteiger charge is 2.00.